The van der Waals surface area contributed by atoms with E-state index in [0.717, 1.165) is 16.9 Å². The highest BCUT2D eigenvalue weighted by Gasteiger charge is 2.42. The molecule has 5 nitrogen and oxygen atoms in total. The Morgan fingerprint density at radius 2 is 2.18 bits per heavy atom. The minimum Gasteiger partial charge on any atom is -0.388 e. The quantitative estimate of drug-likeness (QED) is 0.730. The largest absolute Gasteiger partial charge is 0.388 e. The molecule has 1 saturated heterocycles. The van der Waals surface area contributed by atoms with Gasteiger partial charge in [-0.25, -0.2) is 4.98 Å². The molecule has 2 aliphatic heterocycles. The summed E-state index contributed by atoms with van der Waals surface area (Å²) in [7, 11) is 0. The molecule has 1 N–H and O–H groups in total. The molecule has 0 bridgehead atoms. The Morgan fingerprint density at radius 1 is 1.29 bits per heavy atom. The molecule has 1 aromatic heterocycles. The van der Waals surface area contributed by atoms with Crippen molar-refractivity contribution in [2.45, 2.75) is 25.0 Å². The summed E-state index contributed by atoms with van der Waals surface area (Å²) in [5, 5.41) is 9.78. The Morgan fingerprint density at radius 3 is 3.12 bits per heavy atom. The summed E-state index contributed by atoms with van der Waals surface area (Å²) < 4.78 is 13.3. The normalized spacial score (nSPS) is 31.5. The third-order valence-electron chi connectivity index (χ3n) is 3.43. The maximum absolute atomic E-state index is 9.78. The Hall–Kier alpha value is -1.43. The van der Waals surface area contributed by atoms with Gasteiger partial charge in [0.15, 0.2) is 6.23 Å². The Kier molecular flexibility index (Phi) is 1.85. The molecule has 0 saturated carbocycles. The van der Waals surface area contributed by atoms with Crippen LogP contribution in [0.5, 0.6) is 0 Å². The van der Waals surface area contributed by atoms with Crippen LogP contribution >= 0.6 is 0 Å². The fourth-order valence-electron chi connectivity index (χ4n) is 2.64. The second-order valence-corrected chi connectivity index (χ2v) is 4.45. The van der Waals surface area contributed by atoms with E-state index < -0.39 is 6.10 Å². The first kappa shape index (κ1) is 9.58. The third-order valence-corrected chi connectivity index (χ3v) is 3.43. The highest BCUT2D eigenvalue weighted by Crippen LogP contribution is 2.35. The van der Waals surface area contributed by atoms with Gasteiger partial charge in [0, 0.05) is 0 Å². The lowest BCUT2D eigenvalue weighted by molar-refractivity contribution is -0.0969. The fraction of sp³-hybridized carbons (Fsp3) is 0.417. The number of para-hydroxylation sites is 2. The summed E-state index contributed by atoms with van der Waals surface area (Å²) in [6.07, 6.45) is -1.07. The van der Waals surface area contributed by atoms with E-state index in [2.05, 4.69) is 4.98 Å². The van der Waals surface area contributed by atoms with E-state index in [-0.39, 0.29) is 12.3 Å². The number of rotatable bonds is 0. The number of aliphatic hydroxyl groups excluding tert-OH is 1. The monoisotopic (exact) mass is 232 g/mol. The third kappa shape index (κ3) is 1.21. The highest BCUT2D eigenvalue weighted by atomic mass is 16.6. The van der Waals surface area contributed by atoms with Gasteiger partial charge < -0.3 is 14.6 Å². The summed E-state index contributed by atoms with van der Waals surface area (Å²) >= 11 is 0. The van der Waals surface area contributed by atoms with E-state index >= 15 is 0 Å². The van der Waals surface area contributed by atoms with Crippen LogP contribution in [-0.2, 0) is 16.1 Å². The summed E-state index contributed by atoms with van der Waals surface area (Å²) in [5.74, 6) is 0.863. The van der Waals surface area contributed by atoms with E-state index in [0.29, 0.717) is 13.2 Å². The number of benzene rings is 1. The van der Waals surface area contributed by atoms with Crippen molar-refractivity contribution in [1.82, 2.24) is 9.55 Å². The summed E-state index contributed by atoms with van der Waals surface area (Å²) in [4.78, 5) is 4.52. The highest BCUT2D eigenvalue weighted by molar-refractivity contribution is 5.76. The van der Waals surface area contributed by atoms with Crippen LogP contribution < -0.4 is 0 Å². The van der Waals surface area contributed by atoms with Gasteiger partial charge in [-0.1, -0.05) is 12.1 Å². The van der Waals surface area contributed by atoms with Crippen molar-refractivity contribution in [1.29, 1.82) is 0 Å². The van der Waals surface area contributed by atoms with Crippen LogP contribution in [0.2, 0.25) is 0 Å². The minimum atomic E-state index is -0.547. The SMILES string of the molecule is O[C@@H]1CO[C@H]2[C@@H]1OCc1nc3ccccc3n12. The molecule has 1 aromatic carbocycles. The number of ether oxygens (including phenoxy) is 2. The molecule has 2 aliphatic rings. The smallest absolute Gasteiger partial charge is 0.164 e. The van der Waals surface area contributed by atoms with E-state index in [4.69, 9.17) is 9.47 Å². The first-order valence-corrected chi connectivity index (χ1v) is 5.72. The van der Waals surface area contributed by atoms with Crippen molar-refractivity contribution in [2.24, 2.45) is 0 Å². The van der Waals surface area contributed by atoms with Gasteiger partial charge in [-0.15, -0.1) is 0 Å². The van der Waals surface area contributed by atoms with Crippen molar-refractivity contribution in [3.63, 3.8) is 0 Å². The maximum Gasteiger partial charge on any atom is 0.164 e. The van der Waals surface area contributed by atoms with Crippen LogP contribution in [0.3, 0.4) is 0 Å². The molecule has 0 radical (unpaired) electrons. The van der Waals surface area contributed by atoms with Gasteiger partial charge in [0.25, 0.3) is 0 Å². The van der Waals surface area contributed by atoms with Crippen LogP contribution in [0.1, 0.15) is 12.1 Å². The zero-order chi connectivity index (χ0) is 11.4. The van der Waals surface area contributed by atoms with E-state index in [1.54, 1.807) is 0 Å². The molecule has 3 heterocycles. The van der Waals surface area contributed by atoms with Gasteiger partial charge in [0.1, 0.15) is 24.6 Å². The predicted molar refractivity (Wildman–Crippen MR) is 59.3 cm³/mol. The number of aromatic nitrogens is 2. The van der Waals surface area contributed by atoms with E-state index in [1.807, 2.05) is 28.8 Å². The number of hydrogen-bond acceptors (Lipinski definition) is 4. The second-order valence-electron chi connectivity index (χ2n) is 4.45. The van der Waals surface area contributed by atoms with E-state index in [9.17, 15) is 5.11 Å². The Labute approximate surface area is 97.6 Å². The predicted octanol–water partition coefficient (Wildman–Crippen LogP) is 0.825. The van der Waals surface area contributed by atoms with Crippen molar-refractivity contribution >= 4 is 11.0 Å². The number of hydrogen-bond donors (Lipinski definition) is 1. The van der Waals surface area contributed by atoms with Crippen LogP contribution in [0.15, 0.2) is 24.3 Å². The zero-order valence-electron chi connectivity index (χ0n) is 9.11. The van der Waals surface area contributed by atoms with E-state index in [1.165, 1.54) is 0 Å². The average molecular weight is 232 g/mol. The van der Waals surface area contributed by atoms with Crippen molar-refractivity contribution in [3.8, 4) is 0 Å². The average Bonchev–Trinajstić information content (AvgIpc) is 2.90. The molecule has 17 heavy (non-hydrogen) atoms. The number of aliphatic hydroxyl groups is 1. The fourth-order valence-corrected chi connectivity index (χ4v) is 2.64. The lowest BCUT2D eigenvalue weighted by Gasteiger charge is -2.28. The lowest BCUT2D eigenvalue weighted by Crippen LogP contribution is -2.36. The molecule has 88 valence electrons. The van der Waals surface area contributed by atoms with Crippen LogP contribution in [0.25, 0.3) is 11.0 Å². The van der Waals surface area contributed by atoms with Crippen LogP contribution in [0.4, 0.5) is 0 Å². The van der Waals surface area contributed by atoms with Gasteiger partial charge in [-0.3, -0.25) is 4.57 Å². The molecule has 5 heteroatoms. The molecular formula is C12H12N2O3. The minimum absolute atomic E-state index is 0.249. The summed E-state index contributed by atoms with van der Waals surface area (Å²) in [5.41, 5.74) is 1.98. The summed E-state index contributed by atoms with van der Waals surface area (Å²) in [6, 6.07) is 7.93. The second kappa shape index (κ2) is 3.29. The number of fused-ring (bicyclic) bond motifs is 5. The molecule has 0 aliphatic carbocycles. The number of imidazole rings is 1. The van der Waals surface area contributed by atoms with Crippen molar-refractivity contribution < 1.29 is 14.6 Å². The first-order chi connectivity index (χ1) is 8.34. The molecule has 1 fully saturated rings. The molecule has 0 spiro atoms. The van der Waals surface area contributed by atoms with Crippen molar-refractivity contribution in [3.05, 3.63) is 30.1 Å². The zero-order valence-corrected chi connectivity index (χ0v) is 9.11. The topological polar surface area (TPSA) is 56.5 Å². The van der Waals surface area contributed by atoms with Gasteiger partial charge in [0.2, 0.25) is 0 Å². The van der Waals surface area contributed by atoms with Gasteiger partial charge in [0.05, 0.1) is 17.6 Å². The van der Waals surface area contributed by atoms with Crippen LogP contribution in [-0.4, -0.2) is 33.5 Å². The summed E-state index contributed by atoms with van der Waals surface area (Å²) in [6.45, 7) is 0.748. The van der Waals surface area contributed by atoms with Crippen LogP contribution in [0, 0.1) is 0 Å². The molecular weight excluding hydrogens is 220 g/mol. The van der Waals surface area contributed by atoms with Gasteiger partial charge in [-0.2, -0.15) is 0 Å². The van der Waals surface area contributed by atoms with Crippen molar-refractivity contribution in [2.75, 3.05) is 6.61 Å². The Bertz CT molecular complexity index is 580. The Balaban J connectivity index is 1.94. The molecule has 3 atom stereocenters. The van der Waals surface area contributed by atoms with Gasteiger partial charge >= 0.3 is 0 Å². The molecule has 0 amide bonds. The molecule has 2 aromatic rings. The molecule has 4 rings (SSSR count). The lowest BCUT2D eigenvalue weighted by atomic mass is 10.2. The first-order valence-electron chi connectivity index (χ1n) is 5.72. The molecule has 0 unspecified atom stereocenters. The maximum atomic E-state index is 9.78. The van der Waals surface area contributed by atoms with Gasteiger partial charge in [-0.05, 0) is 12.1 Å². The number of nitrogens with zero attached hydrogens (tertiary/aromatic N) is 2. The standard InChI is InChI=1S/C12H12N2O3/c15-9-5-17-12-11(9)16-6-10-13-7-3-1-2-4-8(7)14(10)12/h1-4,9,11-12,15H,5-6H2/t9-,11-,12+/m1/s1.